The molecule has 6 heteroatoms. The Bertz CT molecular complexity index is 1310. The minimum absolute atomic E-state index is 0.0679. The molecule has 0 N–H and O–H groups in total. The number of rotatable bonds is 5. The lowest BCUT2D eigenvalue weighted by molar-refractivity contribution is 0.415. The van der Waals surface area contributed by atoms with E-state index in [1.165, 1.54) is 16.2 Å². The highest BCUT2D eigenvalue weighted by molar-refractivity contribution is 5.93. The van der Waals surface area contributed by atoms with Gasteiger partial charge in [0.15, 0.2) is 11.6 Å². The van der Waals surface area contributed by atoms with Crippen molar-refractivity contribution in [2.75, 3.05) is 7.11 Å². The molecule has 158 valence electrons. The van der Waals surface area contributed by atoms with Crippen molar-refractivity contribution < 1.29 is 13.5 Å². The second-order valence-corrected chi connectivity index (χ2v) is 7.74. The average Bonchev–Trinajstić information content (AvgIpc) is 2.77. The first-order valence-corrected chi connectivity index (χ1v) is 10.00. The Morgan fingerprint density at radius 3 is 2.35 bits per heavy atom. The third-order valence-electron chi connectivity index (χ3n) is 5.36. The van der Waals surface area contributed by atoms with E-state index >= 15 is 0 Å². The fourth-order valence-corrected chi connectivity index (χ4v) is 3.61. The molecule has 4 rings (SSSR count). The van der Waals surface area contributed by atoms with Crippen molar-refractivity contribution in [1.82, 2.24) is 9.55 Å². The van der Waals surface area contributed by atoms with E-state index < -0.39 is 17.3 Å². The maximum atomic E-state index is 13.7. The van der Waals surface area contributed by atoms with Crippen LogP contribution in [0.3, 0.4) is 0 Å². The lowest BCUT2D eigenvalue weighted by Gasteiger charge is -2.15. The molecule has 0 amide bonds. The van der Waals surface area contributed by atoms with E-state index in [9.17, 15) is 13.6 Å². The Morgan fingerprint density at radius 1 is 0.968 bits per heavy atom. The average molecular weight is 420 g/mol. The molecule has 4 nitrogen and oxygen atoms in total. The summed E-state index contributed by atoms with van der Waals surface area (Å²) >= 11 is 0. The van der Waals surface area contributed by atoms with Crippen molar-refractivity contribution in [3.8, 4) is 17.0 Å². The van der Waals surface area contributed by atoms with Gasteiger partial charge in [0.1, 0.15) is 5.75 Å². The molecule has 0 aliphatic carbocycles. The number of hydrogen-bond acceptors (Lipinski definition) is 3. The van der Waals surface area contributed by atoms with Gasteiger partial charge in [-0.25, -0.2) is 13.6 Å². The Labute approximate surface area is 178 Å². The molecule has 0 fully saturated rings. The standard InChI is InChI=1S/C25H22F2N2O2/c1-15(2)17-5-7-18(8-6-17)24-20-13-19(31-3)9-11-23(20)29(25(30)28-24)14-16-4-10-21(26)22(27)12-16/h4-13,15H,14H2,1-3H3. The number of benzene rings is 3. The van der Waals surface area contributed by atoms with Gasteiger partial charge in [0.25, 0.3) is 0 Å². The molecule has 1 heterocycles. The predicted octanol–water partition coefficient (Wildman–Crippen LogP) is 5.52. The lowest BCUT2D eigenvalue weighted by atomic mass is 9.99. The first-order chi connectivity index (χ1) is 14.9. The fourth-order valence-electron chi connectivity index (χ4n) is 3.61. The van der Waals surface area contributed by atoms with Gasteiger partial charge in [-0.3, -0.25) is 4.57 Å². The van der Waals surface area contributed by atoms with Crippen LogP contribution < -0.4 is 10.4 Å². The van der Waals surface area contributed by atoms with E-state index in [-0.39, 0.29) is 6.54 Å². The summed E-state index contributed by atoms with van der Waals surface area (Å²) in [4.78, 5) is 17.3. The molecule has 0 saturated carbocycles. The van der Waals surface area contributed by atoms with Gasteiger partial charge in [0, 0.05) is 10.9 Å². The summed E-state index contributed by atoms with van der Waals surface area (Å²) in [7, 11) is 1.57. The van der Waals surface area contributed by atoms with Crippen molar-refractivity contribution >= 4 is 10.9 Å². The highest BCUT2D eigenvalue weighted by Crippen LogP contribution is 2.30. The molecule has 0 aliphatic heterocycles. The van der Waals surface area contributed by atoms with Crippen molar-refractivity contribution in [2.24, 2.45) is 0 Å². The van der Waals surface area contributed by atoms with Crippen molar-refractivity contribution in [1.29, 1.82) is 0 Å². The minimum atomic E-state index is -0.952. The predicted molar refractivity (Wildman–Crippen MR) is 118 cm³/mol. The number of ether oxygens (including phenoxy) is 1. The smallest absolute Gasteiger partial charge is 0.348 e. The third-order valence-corrected chi connectivity index (χ3v) is 5.36. The van der Waals surface area contributed by atoms with Crippen LogP contribution >= 0.6 is 0 Å². The first-order valence-electron chi connectivity index (χ1n) is 10.00. The second-order valence-electron chi connectivity index (χ2n) is 7.74. The van der Waals surface area contributed by atoms with Gasteiger partial charge in [0.05, 0.1) is 24.9 Å². The third kappa shape index (κ3) is 4.06. The quantitative estimate of drug-likeness (QED) is 0.427. The summed E-state index contributed by atoms with van der Waals surface area (Å²) in [5.74, 6) is -0.856. The van der Waals surface area contributed by atoms with Crippen LogP contribution in [-0.2, 0) is 6.54 Å². The van der Waals surface area contributed by atoms with Crippen LogP contribution in [0.1, 0.15) is 30.9 Å². The van der Waals surface area contributed by atoms with E-state index in [1.807, 2.05) is 30.3 Å². The summed E-state index contributed by atoms with van der Waals surface area (Å²) in [6.45, 7) is 4.30. The van der Waals surface area contributed by atoms with Gasteiger partial charge in [-0.05, 0) is 47.4 Å². The van der Waals surface area contributed by atoms with E-state index in [0.717, 1.165) is 23.1 Å². The summed E-state index contributed by atoms with van der Waals surface area (Å²) in [5.41, 5.74) is 3.19. The second kappa shape index (κ2) is 8.30. The lowest BCUT2D eigenvalue weighted by Crippen LogP contribution is -2.24. The highest BCUT2D eigenvalue weighted by Gasteiger charge is 2.15. The van der Waals surface area contributed by atoms with Gasteiger partial charge in [-0.15, -0.1) is 0 Å². The molecule has 0 aliphatic rings. The van der Waals surface area contributed by atoms with E-state index in [4.69, 9.17) is 4.74 Å². The number of nitrogens with zero attached hydrogens (tertiary/aromatic N) is 2. The summed E-state index contributed by atoms with van der Waals surface area (Å²) < 4.78 is 33.8. The molecule has 1 aromatic heterocycles. The largest absolute Gasteiger partial charge is 0.497 e. The van der Waals surface area contributed by atoms with Gasteiger partial charge in [-0.1, -0.05) is 44.2 Å². The minimum Gasteiger partial charge on any atom is -0.497 e. The summed E-state index contributed by atoms with van der Waals surface area (Å²) in [6, 6.07) is 16.9. The number of hydrogen-bond donors (Lipinski definition) is 0. The zero-order valence-electron chi connectivity index (χ0n) is 17.5. The van der Waals surface area contributed by atoms with E-state index in [1.54, 1.807) is 19.2 Å². The molecule has 4 aromatic rings. The maximum absolute atomic E-state index is 13.7. The SMILES string of the molecule is COc1ccc2c(c1)c(-c1ccc(C(C)C)cc1)nc(=O)n2Cc1ccc(F)c(F)c1. The zero-order chi connectivity index (χ0) is 22.1. The van der Waals surface area contributed by atoms with Gasteiger partial charge < -0.3 is 4.74 Å². The topological polar surface area (TPSA) is 44.1 Å². The van der Waals surface area contributed by atoms with Crippen molar-refractivity contribution in [3.05, 3.63) is 93.9 Å². The van der Waals surface area contributed by atoms with Gasteiger partial charge in [0.2, 0.25) is 0 Å². The van der Waals surface area contributed by atoms with Crippen LogP contribution in [0.15, 0.2) is 65.5 Å². The molecule has 31 heavy (non-hydrogen) atoms. The molecular weight excluding hydrogens is 398 g/mol. The van der Waals surface area contributed by atoms with E-state index in [2.05, 4.69) is 18.8 Å². The number of aromatic nitrogens is 2. The van der Waals surface area contributed by atoms with Crippen LogP contribution in [0.5, 0.6) is 5.75 Å². The molecule has 0 radical (unpaired) electrons. The Morgan fingerprint density at radius 2 is 1.71 bits per heavy atom. The van der Waals surface area contributed by atoms with Crippen LogP contribution in [0.4, 0.5) is 8.78 Å². The monoisotopic (exact) mass is 420 g/mol. The highest BCUT2D eigenvalue weighted by atomic mass is 19.2. The van der Waals surface area contributed by atoms with Crippen LogP contribution in [-0.4, -0.2) is 16.7 Å². The summed E-state index contributed by atoms with van der Waals surface area (Å²) in [6.07, 6.45) is 0. The van der Waals surface area contributed by atoms with Crippen LogP contribution in [0.2, 0.25) is 0 Å². The normalized spacial score (nSPS) is 11.3. The number of halogens is 2. The number of methoxy groups -OCH3 is 1. The zero-order valence-corrected chi connectivity index (χ0v) is 17.5. The van der Waals surface area contributed by atoms with Gasteiger partial charge in [-0.2, -0.15) is 4.98 Å². The van der Waals surface area contributed by atoms with Gasteiger partial charge >= 0.3 is 5.69 Å². The molecule has 0 spiro atoms. The van der Waals surface area contributed by atoms with Crippen molar-refractivity contribution in [2.45, 2.75) is 26.3 Å². The molecule has 0 atom stereocenters. The Balaban J connectivity index is 1.89. The first kappa shape index (κ1) is 20.7. The molecule has 0 bridgehead atoms. The van der Waals surface area contributed by atoms with Crippen molar-refractivity contribution in [3.63, 3.8) is 0 Å². The Hall–Kier alpha value is -3.54. The van der Waals surface area contributed by atoms with E-state index in [0.29, 0.717) is 28.4 Å². The maximum Gasteiger partial charge on any atom is 0.348 e. The summed E-state index contributed by atoms with van der Waals surface area (Å²) in [5, 5.41) is 0.735. The Kier molecular flexibility index (Phi) is 5.55. The molecular formula is C25H22F2N2O2. The number of fused-ring (bicyclic) bond motifs is 1. The van der Waals surface area contributed by atoms with Crippen LogP contribution in [0.25, 0.3) is 22.2 Å². The molecule has 0 unspecified atom stereocenters. The molecule has 3 aromatic carbocycles. The van der Waals surface area contributed by atoms with Crippen LogP contribution in [0, 0.1) is 11.6 Å². The fraction of sp³-hybridized carbons (Fsp3) is 0.200. The molecule has 0 saturated heterocycles.